The number of thiophene rings is 1. The summed E-state index contributed by atoms with van der Waals surface area (Å²) < 4.78 is 13.2. The molecule has 3 nitrogen and oxygen atoms in total. The van der Waals surface area contributed by atoms with Gasteiger partial charge in [-0.2, -0.15) is 0 Å². The van der Waals surface area contributed by atoms with E-state index in [1.807, 2.05) is 0 Å². The number of nitrogen functional groups attached to an aromatic ring is 1. The van der Waals surface area contributed by atoms with Gasteiger partial charge in [0.2, 0.25) is 0 Å². The lowest BCUT2D eigenvalue weighted by Crippen LogP contribution is -2.17. The Labute approximate surface area is 137 Å². The predicted octanol–water partition coefficient (Wildman–Crippen LogP) is 4.50. The lowest BCUT2D eigenvalue weighted by molar-refractivity contribution is 0.102. The lowest BCUT2D eigenvalue weighted by atomic mass is 9.88. The molecule has 3 N–H and O–H groups in total. The van der Waals surface area contributed by atoms with Crippen LogP contribution in [0, 0.1) is 11.7 Å². The Morgan fingerprint density at radius 2 is 2.27 bits per heavy atom. The zero-order valence-corrected chi connectivity index (χ0v) is 13.7. The van der Waals surface area contributed by atoms with Crippen LogP contribution in [0.25, 0.3) is 0 Å². The first-order chi connectivity index (χ1) is 10.5. The van der Waals surface area contributed by atoms with Crippen LogP contribution in [0.5, 0.6) is 0 Å². The maximum Gasteiger partial charge on any atom is 0.258 e. The van der Waals surface area contributed by atoms with E-state index < -0.39 is 5.82 Å². The summed E-state index contributed by atoms with van der Waals surface area (Å²) in [6.07, 6.45) is 2.91. The van der Waals surface area contributed by atoms with Gasteiger partial charge < -0.3 is 11.1 Å². The molecule has 1 aliphatic carbocycles. The van der Waals surface area contributed by atoms with E-state index in [1.165, 1.54) is 34.4 Å². The van der Waals surface area contributed by atoms with Crippen molar-refractivity contribution in [2.75, 3.05) is 11.1 Å². The second-order valence-electron chi connectivity index (χ2n) is 5.67. The van der Waals surface area contributed by atoms with Gasteiger partial charge in [-0.1, -0.05) is 18.5 Å². The van der Waals surface area contributed by atoms with Crippen molar-refractivity contribution in [2.45, 2.75) is 26.2 Å². The number of halogens is 2. The third kappa shape index (κ3) is 2.83. The molecule has 1 aromatic heterocycles. The molecular weight excluding hydrogens is 323 g/mol. The average Bonchev–Trinajstić information content (AvgIpc) is 2.78. The minimum atomic E-state index is -0.513. The highest BCUT2D eigenvalue weighted by Crippen LogP contribution is 2.38. The van der Waals surface area contributed by atoms with E-state index in [1.54, 1.807) is 0 Å². The highest BCUT2D eigenvalue weighted by Gasteiger charge is 2.26. The molecule has 1 heterocycles. The molecule has 3 rings (SSSR count). The van der Waals surface area contributed by atoms with Crippen molar-refractivity contribution in [3.63, 3.8) is 0 Å². The summed E-state index contributed by atoms with van der Waals surface area (Å²) in [6.45, 7) is 2.21. The van der Waals surface area contributed by atoms with Crippen LogP contribution in [0.2, 0.25) is 5.02 Å². The number of amides is 1. The average molecular weight is 339 g/mol. The normalized spacial score (nSPS) is 17.1. The van der Waals surface area contributed by atoms with Gasteiger partial charge in [-0.3, -0.25) is 4.79 Å². The Kier molecular flexibility index (Phi) is 4.10. The summed E-state index contributed by atoms with van der Waals surface area (Å²) in [5.74, 6) is -0.148. The van der Waals surface area contributed by atoms with Gasteiger partial charge in [0, 0.05) is 10.6 Å². The van der Waals surface area contributed by atoms with Crippen molar-refractivity contribution in [1.82, 2.24) is 0 Å². The van der Waals surface area contributed by atoms with Crippen LogP contribution in [0.1, 0.15) is 34.1 Å². The van der Waals surface area contributed by atoms with Crippen molar-refractivity contribution in [3.05, 3.63) is 45.0 Å². The summed E-state index contributed by atoms with van der Waals surface area (Å²) in [5, 5.41) is 3.28. The van der Waals surface area contributed by atoms with Gasteiger partial charge in [0.15, 0.2) is 0 Å². The van der Waals surface area contributed by atoms with E-state index >= 15 is 0 Å². The Bertz CT molecular complexity index is 744. The molecule has 1 aliphatic rings. The number of fused-ring (bicyclic) bond motifs is 1. The minimum Gasteiger partial charge on any atom is -0.390 e. The predicted molar refractivity (Wildman–Crippen MR) is 89.3 cm³/mol. The number of nitrogens with one attached hydrogen (secondary N) is 1. The first-order valence-electron chi connectivity index (χ1n) is 7.12. The van der Waals surface area contributed by atoms with Crippen LogP contribution in [0.15, 0.2) is 18.2 Å². The number of anilines is 2. The third-order valence-electron chi connectivity index (χ3n) is 3.94. The summed E-state index contributed by atoms with van der Waals surface area (Å²) in [7, 11) is 0. The van der Waals surface area contributed by atoms with Gasteiger partial charge >= 0.3 is 0 Å². The summed E-state index contributed by atoms with van der Waals surface area (Å²) in [4.78, 5) is 13.7. The summed E-state index contributed by atoms with van der Waals surface area (Å²) in [5.41, 5.74) is 8.13. The van der Waals surface area contributed by atoms with Crippen LogP contribution in [-0.4, -0.2) is 5.91 Å². The van der Waals surface area contributed by atoms with Crippen molar-refractivity contribution in [3.8, 4) is 0 Å². The van der Waals surface area contributed by atoms with Crippen LogP contribution >= 0.6 is 22.9 Å². The molecule has 0 fully saturated rings. The van der Waals surface area contributed by atoms with Crippen LogP contribution in [0.4, 0.5) is 15.1 Å². The van der Waals surface area contributed by atoms with Crippen LogP contribution in [-0.2, 0) is 12.8 Å². The Morgan fingerprint density at radius 3 is 3.00 bits per heavy atom. The molecule has 0 spiro atoms. The SMILES string of the molecule is CC1CCc2c(sc(N)c2C(=O)Nc2ccc(F)c(Cl)c2)C1. The van der Waals surface area contributed by atoms with E-state index in [0.29, 0.717) is 22.2 Å². The summed E-state index contributed by atoms with van der Waals surface area (Å²) in [6, 6.07) is 4.11. The van der Waals surface area contributed by atoms with Gasteiger partial charge in [-0.15, -0.1) is 11.3 Å². The van der Waals surface area contributed by atoms with Gasteiger partial charge in [0.25, 0.3) is 5.91 Å². The van der Waals surface area contributed by atoms with Crippen LogP contribution < -0.4 is 11.1 Å². The summed E-state index contributed by atoms with van der Waals surface area (Å²) >= 11 is 7.23. The maximum atomic E-state index is 13.2. The standard InChI is InChI=1S/C16H16ClFN2OS/c1-8-2-4-10-13(6-8)22-15(19)14(10)16(21)20-9-3-5-12(18)11(17)7-9/h3,5,7-8H,2,4,6,19H2,1H3,(H,20,21). The molecule has 1 amide bonds. The molecule has 2 aromatic rings. The van der Waals surface area contributed by atoms with E-state index in [2.05, 4.69) is 12.2 Å². The molecule has 0 saturated carbocycles. The van der Waals surface area contributed by atoms with Crippen molar-refractivity contribution in [1.29, 1.82) is 0 Å². The highest BCUT2D eigenvalue weighted by atomic mass is 35.5. The zero-order valence-electron chi connectivity index (χ0n) is 12.1. The molecule has 0 saturated heterocycles. The fourth-order valence-corrected chi connectivity index (χ4v) is 4.25. The van der Waals surface area contributed by atoms with E-state index in [4.69, 9.17) is 17.3 Å². The van der Waals surface area contributed by atoms with Crippen molar-refractivity contribution in [2.24, 2.45) is 5.92 Å². The number of benzene rings is 1. The first kappa shape index (κ1) is 15.3. The number of carbonyl (C=O) groups excluding carboxylic acids is 1. The number of nitrogens with two attached hydrogens (primary N) is 1. The molecule has 22 heavy (non-hydrogen) atoms. The number of carbonyl (C=O) groups is 1. The molecule has 1 atom stereocenters. The van der Waals surface area contributed by atoms with Gasteiger partial charge in [0.05, 0.1) is 15.6 Å². The molecule has 0 radical (unpaired) electrons. The second-order valence-corrected chi connectivity index (χ2v) is 7.22. The molecule has 116 valence electrons. The van der Waals surface area contributed by atoms with Crippen molar-refractivity contribution >= 4 is 39.5 Å². The molecule has 6 heteroatoms. The van der Waals surface area contributed by atoms with E-state index in [0.717, 1.165) is 24.8 Å². The number of hydrogen-bond acceptors (Lipinski definition) is 3. The highest BCUT2D eigenvalue weighted by molar-refractivity contribution is 7.16. The topological polar surface area (TPSA) is 55.1 Å². The first-order valence-corrected chi connectivity index (χ1v) is 8.31. The Morgan fingerprint density at radius 1 is 1.50 bits per heavy atom. The smallest absolute Gasteiger partial charge is 0.258 e. The van der Waals surface area contributed by atoms with E-state index in [-0.39, 0.29) is 10.9 Å². The quantitative estimate of drug-likeness (QED) is 0.847. The van der Waals surface area contributed by atoms with Gasteiger partial charge in [0.1, 0.15) is 5.82 Å². The third-order valence-corrected chi connectivity index (χ3v) is 5.32. The van der Waals surface area contributed by atoms with Gasteiger partial charge in [-0.05, 0) is 48.9 Å². The lowest BCUT2D eigenvalue weighted by Gasteiger charge is -2.18. The molecule has 0 bridgehead atoms. The fourth-order valence-electron chi connectivity index (χ4n) is 2.79. The Balaban J connectivity index is 1.88. The molecule has 0 aliphatic heterocycles. The molecule has 1 unspecified atom stereocenters. The number of rotatable bonds is 2. The number of hydrogen-bond donors (Lipinski definition) is 2. The largest absolute Gasteiger partial charge is 0.390 e. The minimum absolute atomic E-state index is 0.0213. The van der Waals surface area contributed by atoms with Crippen molar-refractivity contribution < 1.29 is 9.18 Å². The van der Waals surface area contributed by atoms with Gasteiger partial charge in [-0.25, -0.2) is 4.39 Å². The zero-order chi connectivity index (χ0) is 15.9. The molecular formula is C16H16ClFN2OS. The maximum absolute atomic E-state index is 13.2. The van der Waals surface area contributed by atoms with E-state index in [9.17, 15) is 9.18 Å². The fraction of sp³-hybridized carbons (Fsp3) is 0.312. The second kappa shape index (κ2) is 5.89. The monoisotopic (exact) mass is 338 g/mol. The Hall–Kier alpha value is -1.59. The van der Waals surface area contributed by atoms with Crippen LogP contribution in [0.3, 0.4) is 0 Å². The molecule has 1 aromatic carbocycles.